The minimum absolute atomic E-state index is 0.0321. The number of morpholine rings is 1. The van der Waals surface area contributed by atoms with Gasteiger partial charge < -0.3 is 15.0 Å². The van der Waals surface area contributed by atoms with Gasteiger partial charge in [-0.3, -0.25) is 9.36 Å². The lowest BCUT2D eigenvalue weighted by Gasteiger charge is -2.28. The van der Waals surface area contributed by atoms with Crippen LogP contribution in [0.15, 0.2) is 29.4 Å². The van der Waals surface area contributed by atoms with E-state index in [0.29, 0.717) is 19.0 Å². The van der Waals surface area contributed by atoms with Gasteiger partial charge in [0.1, 0.15) is 0 Å². The number of amides is 1. The van der Waals surface area contributed by atoms with E-state index in [1.165, 1.54) is 17.3 Å². The highest BCUT2D eigenvalue weighted by molar-refractivity contribution is 7.99. The molecule has 2 heterocycles. The maximum absolute atomic E-state index is 12.2. The minimum atomic E-state index is 0.0321. The van der Waals surface area contributed by atoms with Crippen molar-refractivity contribution in [1.29, 1.82) is 0 Å². The van der Waals surface area contributed by atoms with E-state index in [1.807, 2.05) is 6.07 Å². The highest BCUT2D eigenvalue weighted by Gasteiger charge is 2.23. The second-order valence-corrected chi connectivity index (χ2v) is 7.63. The molecule has 1 N–H and O–H groups in total. The molecule has 7 nitrogen and oxygen atoms in total. The summed E-state index contributed by atoms with van der Waals surface area (Å²) in [5.41, 5.74) is 2.30. The van der Waals surface area contributed by atoms with E-state index in [0.717, 1.165) is 55.7 Å². The summed E-state index contributed by atoms with van der Waals surface area (Å²) in [6.45, 7) is 7.92. The molecule has 1 fully saturated rings. The Bertz CT molecular complexity index is 774. The third kappa shape index (κ3) is 5.05. The molecule has 0 bridgehead atoms. The predicted octanol–water partition coefficient (Wildman–Crippen LogP) is 2.67. The number of aryl methyl sites for hydroxylation is 1. The van der Waals surface area contributed by atoms with Crippen LogP contribution in [0.3, 0.4) is 0 Å². The van der Waals surface area contributed by atoms with E-state index in [-0.39, 0.29) is 5.91 Å². The van der Waals surface area contributed by atoms with Gasteiger partial charge in [0.05, 0.1) is 24.7 Å². The van der Waals surface area contributed by atoms with Gasteiger partial charge in [-0.1, -0.05) is 50.2 Å². The number of carbonyl (C=O) groups excluding carboxylic acids is 1. The molecular weight excluding hydrogens is 374 g/mol. The molecule has 0 aliphatic carbocycles. The topological polar surface area (TPSA) is 72.3 Å². The average molecular weight is 404 g/mol. The van der Waals surface area contributed by atoms with Crippen molar-refractivity contribution in [3.8, 4) is 5.69 Å². The van der Waals surface area contributed by atoms with E-state index < -0.39 is 0 Å². The fourth-order valence-electron chi connectivity index (χ4n) is 3.15. The molecule has 8 heteroatoms. The standard InChI is InChI=1S/C20H29N5O2S/c1-3-5-10-21-18(26)15-28-20-23-22-19(24-11-13-27-14-12-24)25(20)17-9-7-6-8-16(17)4-2/h6-9H,3-5,10-15H2,1-2H3,(H,21,26). The van der Waals surface area contributed by atoms with Crippen LogP contribution in [-0.2, 0) is 16.0 Å². The quantitative estimate of drug-likeness (QED) is 0.513. The predicted molar refractivity (Wildman–Crippen MR) is 112 cm³/mol. The van der Waals surface area contributed by atoms with E-state index in [2.05, 4.69) is 57.0 Å². The zero-order chi connectivity index (χ0) is 19.8. The van der Waals surface area contributed by atoms with Gasteiger partial charge in [0.2, 0.25) is 11.9 Å². The molecule has 0 radical (unpaired) electrons. The number of carbonyl (C=O) groups is 1. The summed E-state index contributed by atoms with van der Waals surface area (Å²) < 4.78 is 7.58. The normalized spacial score (nSPS) is 14.3. The monoisotopic (exact) mass is 403 g/mol. The van der Waals surface area contributed by atoms with Crippen molar-refractivity contribution in [2.24, 2.45) is 0 Å². The Hall–Kier alpha value is -2.06. The lowest BCUT2D eigenvalue weighted by molar-refractivity contribution is -0.118. The number of nitrogens with zero attached hydrogens (tertiary/aromatic N) is 4. The Morgan fingerprint density at radius 1 is 1.21 bits per heavy atom. The molecule has 2 aromatic rings. The Morgan fingerprint density at radius 3 is 2.75 bits per heavy atom. The van der Waals surface area contributed by atoms with Crippen molar-refractivity contribution in [2.75, 3.05) is 43.5 Å². The first kappa shape index (κ1) is 20.7. The number of thioether (sulfide) groups is 1. The summed E-state index contributed by atoms with van der Waals surface area (Å²) in [6.07, 6.45) is 2.98. The number of aromatic nitrogens is 3. The molecule has 0 spiro atoms. The number of anilines is 1. The van der Waals surface area contributed by atoms with Crippen LogP contribution in [-0.4, -0.2) is 59.3 Å². The lowest BCUT2D eigenvalue weighted by atomic mass is 10.1. The van der Waals surface area contributed by atoms with Gasteiger partial charge in [-0.25, -0.2) is 0 Å². The van der Waals surface area contributed by atoms with E-state index >= 15 is 0 Å². The Balaban J connectivity index is 1.85. The number of hydrogen-bond acceptors (Lipinski definition) is 6. The smallest absolute Gasteiger partial charge is 0.232 e. The first-order valence-electron chi connectivity index (χ1n) is 10.0. The number of rotatable bonds is 9. The SMILES string of the molecule is CCCCNC(=O)CSc1nnc(N2CCOCC2)n1-c1ccccc1CC. The maximum atomic E-state index is 12.2. The van der Waals surface area contributed by atoms with Crippen molar-refractivity contribution in [2.45, 2.75) is 38.3 Å². The van der Waals surface area contributed by atoms with Crippen LogP contribution in [0.1, 0.15) is 32.3 Å². The maximum Gasteiger partial charge on any atom is 0.232 e. The first-order valence-corrected chi connectivity index (χ1v) is 11.0. The van der Waals surface area contributed by atoms with Gasteiger partial charge in [0, 0.05) is 19.6 Å². The third-order valence-corrected chi connectivity index (χ3v) is 5.64. The van der Waals surface area contributed by atoms with Crippen LogP contribution in [0.25, 0.3) is 5.69 Å². The molecule has 0 atom stereocenters. The number of hydrogen-bond donors (Lipinski definition) is 1. The van der Waals surface area contributed by atoms with Gasteiger partial charge >= 0.3 is 0 Å². The van der Waals surface area contributed by atoms with Gasteiger partial charge in [-0.2, -0.15) is 0 Å². The van der Waals surface area contributed by atoms with Gasteiger partial charge in [0.15, 0.2) is 5.16 Å². The molecule has 1 saturated heterocycles. The second kappa shape index (κ2) is 10.5. The lowest BCUT2D eigenvalue weighted by Crippen LogP contribution is -2.38. The van der Waals surface area contributed by atoms with Crippen molar-refractivity contribution in [3.05, 3.63) is 29.8 Å². The minimum Gasteiger partial charge on any atom is -0.378 e. The highest BCUT2D eigenvalue weighted by atomic mass is 32.2. The van der Waals surface area contributed by atoms with Crippen molar-refractivity contribution in [1.82, 2.24) is 20.1 Å². The molecule has 0 unspecified atom stereocenters. The summed E-state index contributed by atoms with van der Waals surface area (Å²) in [5.74, 6) is 1.18. The molecule has 152 valence electrons. The van der Waals surface area contributed by atoms with Crippen LogP contribution in [0.4, 0.5) is 5.95 Å². The third-order valence-electron chi connectivity index (χ3n) is 4.71. The van der Waals surface area contributed by atoms with Crippen LogP contribution in [0, 0.1) is 0 Å². The second-order valence-electron chi connectivity index (χ2n) is 6.69. The summed E-state index contributed by atoms with van der Waals surface area (Å²) in [4.78, 5) is 14.4. The number of unbranched alkanes of at least 4 members (excludes halogenated alkanes) is 1. The van der Waals surface area contributed by atoms with Crippen LogP contribution >= 0.6 is 11.8 Å². The zero-order valence-corrected chi connectivity index (χ0v) is 17.5. The fourth-order valence-corrected chi connectivity index (χ4v) is 3.92. The largest absolute Gasteiger partial charge is 0.378 e. The summed E-state index contributed by atoms with van der Waals surface area (Å²) in [5, 5.41) is 12.6. The fraction of sp³-hybridized carbons (Fsp3) is 0.550. The van der Waals surface area contributed by atoms with Crippen molar-refractivity contribution >= 4 is 23.6 Å². The summed E-state index contributed by atoms with van der Waals surface area (Å²) >= 11 is 1.43. The molecule has 28 heavy (non-hydrogen) atoms. The van der Waals surface area contributed by atoms with Crippen LogP contribution < -0.4 is 10.2 Å². The van der Waals surface area contributed by atoms with E-state index in [4.69, 9.17) is 4.74 Å². The Labute approximate surface area is 170 Å². The van der Waals surface area contributed by atoms with Crippen molar-refractivity contribution < 1.29 is 9.53 Å². The highest BCUT2D eigenvalue weighted by Crippen LogP contribution is 2.29. The summed E-state index contributed by atoms with van der Waals surface area (Å²) in [7, 11) is 0. The number of nitrogens with one attached hydrogen (secondary N) is 1. The first-order chi connectivity index (χ1) is 13.7. The van der Waals surface area contributed by atoms with Gasteiger partial charge in [0.25, 0.3) is 0 Å². The van der Waals surface area contributed by atoms with E-state index in [9.17, 15) is 4.79 Å². The molecule has 3 rings (SSSR count). The summed E-state index contributed by atoms with van der Waals surface area (Å²) in [6, 6.07) is 8.31. The van der Waals surface area contributed by atoms with Crippen molar-refractivity contribution in [3.63, 3.8) is 0 Å². The molecule has 1 aromatic carbocycles. The number of benzene rings is 1. The van der Waals surface area contributed by atoms with E-state index in [1.54, 1.807) is 0 Å². The average Bonchev–Trinajstić information content (AvgIpc) is 3.16. The Morgan fingerprint density at radius 2 is 2.00 bits per heavy atom. The number of ether oxygens (including phenoxy) is 1. The van der Waals surface area contributed by atoms with Gasteiger partial charge in [-0.05, 0) is 24.5 Å². The molecular formula is C20H29N5O2S. The number of para-hydroxylation sites is 1. The Kier molecular flexibility index (Phi) is 7.73. The molecule has 1 aliphatic heterocycles. The molecule has 1 aliphatic rings. The zero-order valence-electron chi connectivity index (χ0n) is 16.7. The van der Waals surface area contributed by atoms with Crippen LogP contribution in [0.2, 0.25) is 0 Å². The molecule has 0 saturated carbocycles. The molecule has 1 amide bonds. The van der Waals surface area contributed by atoms with Gasteiger partial charge in [-0.15, -0.1) is 10.2 Å². The molecule has 1 aromatic heterocycles. The van der Waals surface area contributed by atoms with Crippen LogP contribution in [0.5, 0.6) is 0 Å².